The third-order valence-corrected chi connectivity index (χ3v) is 5.39. The van der Waals surface area contributed by atoms with Gasteiger partial charge in [-0.15, -0.1) is 0 Å². The molecular weight excluding hydrogens is 348 g/mol. The number of hydrogen-bond donors (Lipinski definition) is 3. The number of nitrogens with two attached hydrogens (primary N) is 1. The van der Waals surface area contributed by atoms with Crippen LogP contribution in [0.25, 0.3) is 0 Å². The van der Waals surface area contributed by atoms with Crippen LogP contribution in [-0.2, 0) is 4.79 Å². The lowest BCUT2D eigenvalue weighted by Gasteiger charge is -2.19. The number of carbonyl (C=O) groups excluding carboxylic acids is 1. The van der Waals surface area contributed by atoms with Gasteiger partial charge in [-0.3, -0.25) is 4.79 Å². The van der Waals surface area contributed by atoms with E-state index in [-0.39, 0.29) is 17.5 Å². The molecule has 1 aliphatic rings. The summed E-state index contributed by atoms with van der Waals surface area (Å²) in [7, 11) is 0. The van der Waals surface area contributed by atoms with Crippen LogP contribution in [0.1, 0.15) is 76.2 Å². The van der Waals surface area contributed by atoms with Gasteiger partial charge in [0.15, 0.2) is 0 Å². The summed E-state index contributed by atoms with van der Waals surface area (Å²) in [6.45, 7) is 1.97. The van der Waals surface area contributed by atoms with E-state index in [1.165, 1.54) is 51.1 Å². The fraction of sp³-hybridized carbons (Fsp3) is 0.565. The van der Waals surface area contributed by atoms with Gasteiger partial charge < -0.3 is 16.4 Å². The Morgan fingerprint density at radius 2 is 1.64 bits per heavy atom. The summed E-state index contributed by atoms with van der Waals surface area (Å²) >= 11 is 0. The molecule has 5 nitrogen and oxygen atoms in total. The molecule has 0 spiro atoms. The highest BCUT2D eigenvalue weighted by Gasteiger charge is 2.16. The lowest BCUT2D eigenvalue weighted by molar-refractivity contribution is -0.117. The summed E-state index contributed by atoms with van der Waals surface area (Å²) in [5.74, 6) is -0.307. The maximum Gasteiger partial charge on any atom is 0.263 e. The highest BCUT2D eigenvalue weighted by molar-refractivity contribution is 5.97. The van der Waals surface area contributed by atoms with Gasteiger partial charge in [-0.2, -0.15) is 5.26 Å². The Morgan fingerprint density at radius 1 is 1.07 bits per heavy atom. The Hall–Kier alpha value is -2.48. The monoisotopic (exact) mass is 382 g/mol. The van der Waals surface area contributed by atoms with E-state index in [0.717, 1.165) is 31.2 Å². The van der Waals surface area contributed by atoms with Crippen molar-refractivity contribution in [3.8, 4) is 6.07 Å². The summed E-state index contributed by atoms with van der Waals surface area (Å²) in [6.07, 6.45) is 14.7. The summed E-state index contributed by atoms with van der Waals surface area (Å²) in [6, 6.07) is 7.78. The van der Waals surface area contributed by atoms with Crippen LogP contribution in [0.2, 0.25) is 0 Å². The first kappa shape index (κ1) is 21.8. The Morgan fingerprint density at radius 3 is 2.21 bits per heavy atom. The largest absolute Gasteiger partial charge is 0.397 e. The summed E-state index contributed by atoms with van der Waals surface area (Å²) in [5, 5.41) is 15.5. The van der Waals surface area contributed by atoms with E-state index in [4.69, 9.17) is 5.73 Å². The Labute approximate surface area is 169 Å². The molecule has 28 heavy (non-hydrogen) atoms. The van der Waals surface area contributed by atoms with Gasteiger partial charge in [-0.1, -0.05) is 63.9 Å². The van der Waals surface area contributed by atoms with Crippen LogP contribution in [0, 0.1) is 18.3 Å². The number of rotatable bonds is 4. The molecule has 2 rings (SSSR count). The molecule has 5 heteroatoms. The van der Waals surface area contributed by atoms with E-state index in [1.807, 2.05) is 31.2 Å². The molecule has 0 atom stereocenters. The molecule has 0 saturated heterocycles. The second-order valence-electron chi connectivity index (χ2n) is 7.83. The van der Waals surface area contributed by atoms with E-state index in [9.17, 15) is 10.1 Å². The molecule has 1 aromatic rings. The van der Waals surface area contributed by atoms with Crippen molar-refractivity contribution in [2.75, 3.05) is 11.1 Å². The zero-order chi connectivity index (χ0) is 20.2. The minimum atomic E-state index is -0.307. The van der Waals surface area contributed by atoms with Gasteiger partial charge in [0.2, 0.25) is 0 Å². The number of anilines is 2. The number of nitrogens with zero attached hydrogens (tertiary/aromatic N) is 1. The van der Waals surface area contributed by atoms with Gasteiger partial charge in [0.05, 0.1) is 11.4 Å². The summed E-state index contributed by atoms with van der Waals surface area (Å²) in [5.41, 5.74) is 8.37. The molecule has 0 bridgehead atoms. The molecule has 0 radical (unpaired) electrons. The molecule has 152 valence electrons. The van der Waals surface area contributed by atoms with Crippen LogP contribution in [-0.4, -0.2) is 11.9 Å². The smallest absolute Gasteiger partial charge is 0.263 e. The van der Waals surface area contributed by atoms with Crippen LogP contribution in [0.4, 0.5) is 11.4 Å². The summed E-state index contributed by atoms with van der Waals surface area (Å²) in [4.78, 5) is 12.6. The quantitative estimate of drug-likeness (QED) is 0.380. The average molecular weight is 383 g/mol. The number of hydrogen-bond acceptors (Lipinski definition) is 4. The highest BCUT2D eigenvalue weighted by atomic mass is 16.1. The fourth-order valence-corrected chi connectivity index (χ4v) is 3.66. The predicted molar refractivity (Wildman–Crippen MR) is 116 cm³/mol. The lowest BCUT2D eigenvalue weighted by Crippen LogP contribution is -2.35. The third-order valence-electron chi connectivity index (χ3n) is 5.39. The van der Waals surface area contributed by atoms with Crippen molar-refractivity contribution >= 4 is 17.3 Å². The number of nitrogens with one attached hydrogen (secondary N) is 2. The molecular formula is C23H34N4O. The van der Waals surface area contributed by atoms with Gasteiger partial charge in [0.25, 0.3) is 5.91 Å². The molecule has 1 aromatic carbocycles. The van der Waals surface area contributed by atoms with Crippen molar-refractivity contribution in [2.24, 2.45) is 0 Å². The van der Waals surface area contributed by atoms with Gasteiger partial charge >= 0.3 is 0 Å². The zero-order valence-corrected chi connectivity index (χ0v) is 17.1. The van der Waals surface area contributed by atoms with Crippen LogP contribution in [0.15, 0.2) is 30.0 Å². The van der Waals surface area contributed by atoms with Crippen LogP contribution in [0.3, 0.4) is 0 Å². The van der Waals surface area contributed by atoms with Crippen molar-refractivity contribution in [2.45, 2.75) is 83.6 Å². The van der Waals surface area contributed by atoms with Gasteiger partial charge in [-0.25, -0.2) is 0 Å². The number of aryl methyl sites for hydroxylation is 1. The maximum atomic E-state index is 12.6. The number of nitrogen functional groups attached to an aromatic ring is 1. The van der Waals surface area contributed by atoms with Crippen molar-refractivity contribution in [1.82, 2.24) is 5.32 Å². The van der Waals surface area contributed by atoms with Crippen molar-refractivity contribution < 1.29 is 4.79 Å². The Balaban J connectivity index is 1.96. The standard InChI is InChI=1S/C23H34N4O/c1-18-13-14-21(25)22(15-18)26-17-19(16-24)23(28)27-20-11-9-7-5-3-2-4-6-8-10-12-20/h13-15,17,20,26H,2-12,25H2,1H3,(H,27,28)/b19-17-. The van der Waals surface area contributed by atoms with Crippen molar-refractivity contribution in [3.05, 3.63) is 35.5 Å². The molecule has 0 heterocycles. The predicted octanol–water partition coefficient (Wildman–Crippen LogP) is 5.19. The topological polar surface area (TPSA) is 90.9 Å². The highest BCUT2D eigenvalue weighted by Crippen LogP contribution is 2.20. The lowest BCUT2D eigenvalue weighted by atomic mass is 9.98. The van der Waals surface area contributed by atoms with E-state index in [2.05, 4.69) is 10.6 Å². The molecule has 0 unspecified atom stereocenters. The van der Waals surface area contributed by atoms with Crippen LogP contribution >= 0.6 is 0 Å². The first-order chi connectivity index (χ1) is 13.6. The van der Waals surface area contributed by atoms with E-state index < -0.39 is 0 Å². The second kappa shape index (κ2) is 12.1. The minimum Gasteiger partial charge on any atom is -0.397 e. The maximum absolute atomic E-state index is 12.6. The Kier molecular flexibility index (Phi) is 9.41. The molecule has 1 amide bonds. The normalized spacial score (nSPS) is 17.6. The second-order valence-corrected chi connectivity index (χ2v) is 7.83. The van der Waals surface area contributed by atoms with E-state index >= 15 is 0 Å². The first-order valence-corrected chi connectivity index (χ1v) is 10.6. The molecule has 0 aromatic heterocycles. The molecule has 1 fully saturated rings. The molecule has 1 aliphatic carbocycles. The average Bonchev–Trinajstić information content (AvgIpc) is 2.67. The molecule has 1 saturated carbocycles. The fourth-order valence-electron chi connectivity index (χ4n) is 3.66. The zero-order valence-electron chi connectivity index (χ0n) is 17.1. The molecule has 0 aliphatic heterocycles. The molecule has 4 N–H and O–H groups in total. The Bertz CT molecular complexity index is 693. The van der Waals surface area contributed by atoms with Crippen molar-refractivity contribution in [3.63, 3.8) is 0 Å². The third kappa shape index (κ3) is 7.64. The van der Waals surface area contributed by atoms with Crippen LogP contribution < -0.4 is 16.4 Å². The number of carbonyl (C=O) groups is 1. The SMILES string of the molecule is Cc1ccc(N)c(N/C=C(/C#N)C(=O)NC2CCCCCCCCCCC2)c1. The van der Waals surface area contributed by atoms with Crippen molar-refractivity contribution in [1.29, 1.82) is 5.26 Å². The first-order valence-electron chi connectivity index (χ1n) is 10.6. The van der Waals surface area contributed by atoms with E-state index in [0.29, 0.717) is 11.4 Å². The van der Waals surface area contributed by atoms with Gasteiger partial charge in [0, 0.05) is 12.2 Å². The number of nitriles is 1. The number of amides is 1. The van der Waals surface area contributed by atoms with Gasteiger partial charge in [0.1, 0.15) is 11.6 Å². The number of benzene rings is 1. The summed E-state index contributed by atoms with van der Waals surface area (Å²) < 4.78 is 0. The van der Waals surface area contributed by atoms with Crippen LogP contribution in [0.5, 0.6) is 0 Å². The van der Waals surface area contributed by atoms with E-state index in [1.54, 1.807) is 0 Å². The minimum absolute atomic E-state index is 0.0759. The van der Waals surface area contributed by atoms with Gasteiger partial charge in [-0.05, 0) is 37.5 Å².